The van der Waals surface area contributed by atoms with Crippen molar-refractivity contribution >= 4 is 11.8 Å². The number of rotatable bonds is 3. The lowest BCUT2D eigenvalue weighted by molar-refractivity contribution is -0.137. The Morgan fingerprint density at radius 2 is 1.88 bits per heavy atom. The van der Waals surface area contributed by atoms with Gasteiger partial charge in [-0.3, -0.25) is 9.59 Å². The number of nitrogens with two attached hydrogens (primary N) is 1. The van der Waals surface area contributed by atoms with Gasteiger partial charge in [-0.1, -0.05) is 13.8 Å². The fourth-order valence-electron chi connectivity index (χ4n) is 2.33. The maximum atomic E-state index is 11.1. The van der Waals surface area contributed by atoms with E-state index < -0.39 is 11.8 Å². The number of carbonyl (C=O) groups is 2. The van der Waals surface area contributed by atoms with Gasteiger partial charge >= 0.3 is 11.8 Å². The summed E-state index contributed by atoms with van der Waals surface area (Å²) in [5.74, 6) is -1.03. The minimum absolute atomic E-state index is 0.00632. The minimum Gasteiger partial charge on any atom is -0.361 e. The summed E-state index contributed by atoms with van der Waals surface area (Å²) in [5.41, 5.74) is 4.91. The highest BCUT2D eigenvalue weighted by molar-refractivity contribution is 6.34. The number of piperidine rings is 1. The van der Waals surface area contributed by atoms with Crippen LogP contribution in [0.4, 0.5) is 0 Å². The van der Waals surface area contributed by atoms with Crippen molar-refractivity contribution in [1.29, 1.82) is 0 Å². The van der Waals surface area contributed by atoms with Gasteiger partial charge in [-0.05, 0) is 44.3 Å². The third kappa shape index (κ3) is 4.00. The molecule has 1 aliphatic heterocycles. The van der Waals surface area contributed by atoms with E-state index in [1.54, 1.807) is 0 Å². The third-order valence-corrected chi connectivity index (χ3v) is 3.75. The predicted octanol–water partition coefficient (Wildman–Crippen LogP) is -0.0441. The smallest absolute Gasteiger partial charge is 0.309 e. The summed E-state index contributed by atoms with van der Waals surface area (Å²) in [6.07, 6.45) is 2.27. The first-order valence-electron chi connectivity index (χ1n) is 6.09. The molecule has 0 radical (unpaired) electrons. The van der Waals surface area contributed by atoms with Crippen LogP contribution in [0.25, 0.3) is 0 Å². The van der Waals surface area contributed by atoms with Gasteiger partial charge in [0.2, 0.25) is 0 Å². The molecule has 0 aromatic heterocycles. The van der Waals surface area contributed by atoms with E-state index in [9.17, 15) is 9.59 Å². The molecule has 0 aromatic rings. The fourth-order valence-corrected chi connectivity index (χ4v) is 2.33. The van der Waals surface area contributed by atoms with Crippen LogP contribution in [0.1, 0.15) is 26.7 Å². The van der Waals surface area contributed by atoms with Crippen molar-refractivity contribution in [3.63, 3.8) is 0 Å². The molecule has 5 nitrogen and oxygen atoms in total. The highest BCUT2D eigenvalue weighted by Crippen LogP contribution is 2.34. The molecule has 98 valence electrons. The lowest BCUT2D eigenvalue weighted by Crippen LogP contribution is -2.45. The number of hydrogen-bond donors (Lipinski definition) is 2. The number of amides is 2. The Balaban J connectivity index is 2.45. The number of carbonyl (C=O) groups excluding carboxylic acids is 2. The molecule has 1 fully saturated rings. The molecule has 1 saturated heterocycles. The lowest BCUT2D eigenvalue weighted by atomic mass is 9.73. The molecule has 17 heavy (non-hydrogen) atoms. The highest BCUT2D eigenvalue weighted by Gasteiger charge is 2.32. The van der Waals surface area contributed by atoms with Gasteiger partial charge in [-0.15, -0.1) is 0 Å². The molecule has 1 heterocycles. The highest BCUT2D eigenvalue weighted by atomic mass is 16.2. The average molecular weight is 241 g/mol. The first-order chi connectivity index (χ1) is 7.83. The molecule has 0 aromatic carbocycles. The maximum Gasteiger partial charge on any atom is 0.309 e. The molecule has 0 bridgehead atoms. The van der Waals surface area contributed by atoms with Crippen LogP contribution in [0.15, 0.2) is 0 Å². The topological polar surface area (TPSA) is 75.4 Å². The lowest BCUT2D eigenvalue weighted by Gasteiger charge is -2.39. The van der Waals surface area contributed by atoms with Crippen LogP contribution in [-0.4, -0.2) is 43.4 Å². The molecule has 0 saturated carbocycles. The summed E-state index contributed by atoms with van der Waals surface area (Å²) in [5, 5.41) is 2.60. The van der Waals surface area contributed by atoms with Crippen molar-refractivity contribution in [2.24, 2.45) is 17.1 Å². The number of nitrogens with zero attached hydrogens (tertiary/aromatic N) is 1. The SMILES string of the molecule is CN1CCC(C(C)(C)CNC(=O)C(N)=O)CC1. The molecule has 1 aliphatic rings. The minimum atomic E-state index is -0.913. The average Bonchev–Trinajstić information content (AvgIpc) is 2.26. The fraction of sp³-hybridized carbons (Fsp3) is 0.833. The van der Waals surface area contributed by atoms with Crippen LogP contribution in [0.2, 0.25) is 0 Å². The molecule has 1 rings (SSSR count). The van der Waals surface area contributed by atoms with E-state index in [1.165, 1.54) is 0 Å². The van der Waals surface area contributed by atoms with Gasteiger partial charge in [0.25, 0.3) is 0 Å². The second-order valence-electron chi connectivity index (χ2n) is 5.61. The number of likely N-dealkylation sites (tertiary alicyclic amines) is 1. The zero-order chi connectivity index (χ0) is 13.1. The van der Waals surface area contributed by atoms with E-state index in [0.29, 0.717) is 12.5 Å². The van der Waals surface area contributed by atoms with E-state index in [1.807, 2.05) is 0 Å². The Bertz CT molecular complexity index is 294. The number of nitrogens with one attached hydrogen (secondary N) is 1. The van der Waals surface area contributed by atoms with Gasteiger partial charge in [0.05, 0.1) is 0 Å². The molecule has 5 heteroatoms. The predicted molar refractivity (Wildman–Crippen MR) is 66.2 cm³/mol. The van der Waals surface area contributed by atoms with Crippen molar-refractivity contribution in [2.75, 3.05) is 26.7 Å². The monoisotopic (exact) mass is 241 g/mol. The largest absolute Gasteiger partial charge is 0.361 e. The summed E-state index contributed by atoms with van der Waals surface area (Å²) in [7, 11) is 2.12. The molecule has 0 atom stereocenters. The standard InChI is InChI=1S/C12H23N3O2/c1-12(2,8-14-11(17)10(13)16)9-4-6-15(3)7-5-9/h9H,4-8H2,1-3H3,(H2,13,16)(H,14,17). The van der Waals surface area contributed by atoms with E-state index in [4.69, 9.17) is 5.73 Å². The summed E-state index contributed by atoms with van der Waals surface area (Å²) in [4.78, 5) is 24.1. The van der Waals surface area contributed by atoms with Crippen LogP contribution < -0.4 is 11.1 Å². The van der Waals surface area contributed by atoms with Crippen molar-refractivity contribution in [3.8, 4) is 0 Å². The van der Waals surface area contributed by atoms with E-state index in [-0.39, 0.29) is 5.41 Å². The van der Waals surface area contributed by atoms with Crippen LogP contribution in [0, 0.1) is 11.3 Å². The van der Waals surface area contributed by atoms with E-state index in [2.05, 4.69) is 31.1 Å². The Morgan fingerprint density at radius 3 is 2.35 bits per heavy atom. The van der Waals surface area contributed by atoms with Crippen LogP contribution in [0.5, 0.6) is 0 Å². The molecular formula is C12H23N3O2. The third-order valence-electron chi connectivity index (χ3n) is 3.75. The van der Waals surface area contributed by atoms with Crippen LogP contribution >= 0.6 is 0 Å². The van der Waals surface area contributed by atoms with Gasteiger partial charge in [0.1, 0.15) is 0 Å². The van der Waals surface area contributed by atoms with E-state index >= 15 is 0 Å². The Kier molecular flexibility index (Phi) is 4.51. The second kappa shape index (κ2) is 5.49. The summed E-state index contributed by atoms with van der Waals surface area (Å²) >= 11 is 0. The molecule has 3 N–H and O–H groups in total. The Hall–Kier alpha value is -1.10. The zero-order valence-electron chi connectivity index (χ0n) is 11.0. The summed E-state index contributed by atoms with van der Waals surface area (Å²) in [6, 6.07) is 0. The summed E-state index contributed by atoms with van der Waals surface area (Å²) < 4.78 is 0. The second-order valence-corrected chi connectivity index (χ2v) is 5.61. The van der Waals surface area contributed by atoms with Gasteiger partial charge in [-0.2, -0.15) is 0 Å². The van der Waals surface area contributed by atoms with Crippen molar-refractivity contribution in [3.05, 3.63) is 0 Å². The first-order valence-corrected chi connectivity index (χ1v) is 6.09. The Morgan fingerprint density at radius 1 is 1.35 bits per heavy atom. The van der Waals surface area contributed by atoms with Crippen LogP contribution in [-0.2, 0) is 9.59 Å². The molecule has 2 amide bonds. The van der Waals surface area contributed by atoms with Crippen LogP contribution in [0.3, 0.4) is 0 Å². The Labute approximate surface area is 103 Å². The number of primary amides is 1. The van der Waals surface area contributed by atoms with Gasteiger partial charge in [0.15, 0.2) is 0 Å². The normalized spacial score (nSPS) is 19.0. The van der Waals surface area contributed by atoms with Gasteiger partial charge < -0.3 is 16.0 Å². The maximum absolute atomic E-state index is 11.1. The van der Waals surface area contributed by atoms with Crippen molar-refractivity contribution in [1.82, 2.24) is 10.2 Å². The zero-order valence-corrected chi connectivity index (χ0v) is 11.0. The quantitative estimate of drug-likeness (QED) is 0.681. The molecule has 0 aliphatic carbocycles. The molecule has 0 spiro atoms. The number of hydrogen-bond acceptors (Lipinski definition) is 3. The van der Waals surface area contributed by atoms with Gasteiger partial charge in [-0.25, -0.2) is 0 Å². The van der Waals surface area contributed by atoms with Crippen molar-refractivity contribution < 1.29 is 9.59 Å². The molecular weight excluding hydrogens is 218 g/mol. The van der Waals surface area contributed by atoms with Crippen molar-refractivity contribution in [2.45, 2.75) is 26.7 Å². The molecule has 0 unspecified atom stereocenters. The summed E-state index contributed by atoms with van der Waals surface area (Å²) in [6.45, 7) is 6.95. The first kappa shape index (κ1) is 14.0. The van der Waals surface area contributed by atoms with E-state index in [0.717, 1.165) is 25.9 Å². The van der Waals surface area contributed by atoms with Gasteiger partial charge in [0, 0.05) is 6.54 Å².